The summed E-state index contributed by atoms with van der Waals surface area (Å²) in [6.45, 7) is -1.53. The number of amides is 1. The van der Waals surface area contributed by atoms with Crippen molar-refractivity contribution in [1.82, 2.24) is 10.0 Å². The first-order chi connectivity index (χ1) is 9.74. The zero-order valence-corrected chi connectivity index (χ0v) is 11.3. The van der Waals surface area contributed by atoms with Crippen LogP contribution in [0.5, 0.6) is 0 Å². The molecule has 1 aromatic rings. The molecule has 0 bridgehead atoms. The van der Waals surface area contributed by atoms with Crippen LogP contribution in [0.4, 0.5) is 5.69 Å². The Morgan fingerprint density at radius 2 is 1.81 bits per heavy atom. The van der Waals surface area contributed by atoms with Crippen LogP contribution in [0, 0.1) is 10.1 Å². The molecule has 1 amide bonds. The van der Waals surface area contributed by atoms with Crippen LogP contribution in [0.2, 0.25) is 0 Å². The highest BCUT2D eigenvalue weighted by Crippen LogP contribution is 2.22. The summed E-state index contributed by atoms with van der Waals surface area (Å²) in [4.78, 5) is 30.6. The minimum absolute atomic E-state index is 0.595. The van der Waals surface area contributed by atoms with Crippen molar-refractivity contribution in [2.75, 3.05) is 13.1 Å². The molecule has 0 radical (unpaired) electrons. The second-order valence-corrected chi connectivity index (χ2v) is 5.43. The predicted octanol–water partition coefficient (Wildman–Crippen LogP) is -2.26. The Bertz CT molecular complexity index is 671. The zero-order chi connectivity index (χ0) is 16.0. The van der Waals surface area contributed by atoms with E-state index in [1.54, 1.807) is 0 Å². The maximum Gasteiger partial charge on any atom is 0.289 e. The summed E-state index contributed by atoms with van der Waals surface area (Å²) in [7, 11) is -4.29. The van der Waals surface area contributed by atoms with Gasteiger partial charge in [-0.3, -0.25) is 14.9 Å². The highest BCUT2D eigenvalue weighted by Gasteiger charge is 2.25. The quantitative estimate of drug-likeness (QED) is 0.424. The highest BCUT2D eigenvalue weighted by atomic mass is 32.2. The molecule has 0 aliphatic rings. The van der Waals surface area contributed by atoms with E-state index in [0.29, 0.717) is 0 Å². The van der Waals surface area contributed by atoms with Crippen molar-refractivity contribution in [1.29, 1.82) is 0 Å². The van der Waals surface area contributed by atoms with Crippen LogP contribution >= 0.6 is 0 Å². The van der Waals surface area contributed by atoms with E-state index in [2.05, 4.69) is 0 Å². The Morgan fingerprint density at radius 3 is 2.38 bits per heavy atom. The summed E-state index contributed by atoms with van der Waals surface area (Å²) in [5, 5.41) is 22.7. The summed E-state index contributed by atoms with van der Waals surface area (Å²) < 4.78 is 25.6. The number of carboxylic acids is 1. The van der Waals surface area contributed by atoms with Gasteiger partial charge in [0.1, 0.15) is 0 Å². The second kappa shape index (κ2) is 6.76. The molecular weight excluding hydrogens is 306 g/mol. The lowest BCUT2D eigenvalue weighted by atomic mass is 10.3. The smallest absolute Gasteiger partial charge is 0.289 e. The fourth-order valence-electron chi connectivity index (χ4n) is 1.31. The third kappa shape index (κ3) is 4.81. The Kier molecular flexibility index (Phi) is 5.32. The van der Waals surface area contributed by atoms with Crippen LogP contribution in [0.25, 0.3) is 0 Å². The molecule has 0 spiro atoms. The Balaban J connectivity index is 2.81. The van der Waals surface area contributed by atoms with Crippen molar-refractivity contribution in [2.45, 2.75) is 4.90 Å². The minimum atomic E-state index is -4.29. The van der Waals surface area contributed by atoms with E-state index in [4.69, 9.17) is 0 Å². The molecule has 0 aromatic heterocycles. The third-order valence-electron chi connectivity index (χ3n) is 2.20. The number of nitrogens with one attached hydrogen (secondary N) is 2. The van der Waals surface area contributed by atoms with E-state index in [1.165, 1.54) is 12.1 Å². The average molecular weight is 316 g/mol. The number of carbonyl (C=O) groups is 2. The summed E-state index contributed by atoms with van der Waals surface area (Å²) in [5.41, 5.74) is -0.639. The molecule has 0 unspecified atom stereocenters. The van der Waals surface area contributed by atoms with Gasteiger partial charge in [-0.1, -0.05) is 12.1 Å². The van der Waals surface area contributed by atoms with Gasteiger partial charge in [-0.2, -0.15) is 0 Å². The van der Waals surface area contributed by atoms with Gasteiger partial charge in [-0.15, -0.1) is 0 Å². The van der Waals surface area contributed by atoms with Crippen LogP contribution in [-0.2, 0) is 19.6 Å². The first-order valence-electron chi connectivity index (χ1n) is 5.43. The largest absolute Gasteiger partial charge is 0.548 e. The predicted molar refractivity (Wildman–Crippen MR) is 66.3 cm³/mol. The van der Waals surface area contributed by atoms with Gasteiger partial charge in [0, 0.05) is 6.07 Å². The van der Waals surface area contributed by atoms with Gasteiger partial charge in [0.2, 0.25) is 15.9 Å². The molecule has 0 saturated carbocycles. The summed E-state index contributed by atoms with van der Waals surface area (Å²) in [6.07, 6.45) is 0. The van der Waals surface area contributed by atoms with Crippen LogP contribution < -0.4 is 15.1 Å². The molecule has 114 valence electrons. The normalized spacial score (nSPS) is 10.9. The third-order valence-corrected chi connectivity index (χ3v) is 3.65. The van der Waals surface area contributed by atoms with E-state index >= 15 is 0 Å². The van der Waals surface area contributed by atoms with Crippen molar-refractivity contribution in [3.05, 3.63) is 34.4 Å². The number of benzene rings is 1. The molecule has 2 N–H and O–H groups in total. The standard InChI is InChI=1S/C10H11N3O7S/c14-9(11-6-10(15)16)5-12-21(19,20)8-4-2-1-3-7(8)13(17)18/h1-4,12H,5-6H2,(H,11,14)(H,15,16)/p-1. The number of carbonyl (C=O) groups excluding carboxylic acids is 2. The molecule has 0 heterocycles. The molecule has 0 atom stereocenters. The molecule has 0 aliphatic carbocycles. The number of rotatable bonds is 7. The molecule has 0 saturated heterocycles. The lowest BCUT2D eigenvalue weighted by Crippen LogP contribution is -2.42. The van der Waals surface area contributed by atoms with E-state index in [9.17, 15) is 33.2 Å². The number of hydrogen-bond acceptors (Lipinski definition) is 7. The first kappa shape index (κ1) is 16.5. The second-order valence-electron chi connectivity index (χ2n) is 3.70. The highest BCUT2D eigenvalue weighted by molar-refractivity contribution is 7.89. The SMILES string of the molecule is O=C([O-])CNC(=O)CNS(=O)(=O)c1ccccc1[N+](=O)[O-]. The molecular formula is C10H10N3O7S-. The van der Waals surface area contributed by atoms with Gasteiger partial charge >= 0.3 is 0 Å². The fourth-order valence-corrected chi connectivity index (χ4v) is 2.46. The number of para-hydroxylation sites is 1. The number of hydrogen-bond donors (Lipinski definition) is 2. The van der Waals surface area contributed by atoms with E-state index in [-0.39, 0.29) is 0 Å². The average Bonchev–Trinajstić information content (AvgIpc) is 2.43. The van der Waals surface area contributed by atoms with Crippen molar-refractivity contribution >= 4 is 27.6 Å². The number of carboxylic acid groups (broad SMARTS) is 1. The fraction of sp³-hybridized carbons (Fsp3) is 0.200. The molecule has 1 aromatic carbocycles. The molecule has 10 nitrogen and oxygen atoms in total. The lowest BCUT2D eigenvalue weighted by Gasteiger charge is -2.08. The van der Waals surface area contributed by atoms with Gasteiger partial charge in [-0.05, 0) is 6.07 Å². The van der Waals surface area contributed by atoms with Gasteiger partial charge < -0.3 is 15.2 Å². The molecule has 11 heteroatoms. The van der Waals surface area contributed by atoms with Crippen molar-refractivity contribution in [2.24, 2.45) is 0 Å². The summed E-state index contributed by atoms with van der Waals surface area (Å²) in [5.74, 6) is -2.45. The van der Waals surface area contributed by atoms with Crippen molar-refractivity contribution in [3.8, 4) is 0 Å². The van der Waals surface area contributed by atoms with Crippen molar-refractivity contribution in [3.63, 3.8) is 0 Å². The molecule has 21 heavy (non-hydrogen) atoms. The molecule has 0 aliphatic heterocycles. The Morgan fingerprint density at radius 1 is 1.19 bits per heavy atom. The maximum absolute atomic E-state index is 11.9. The topological polar surface area (TPSA) is 159 Å². The maximum atomic E-state index is 11.9. The lowest BCUT2D eigenvalue weighted by molar-refractivity contribution is -0.387. The number of nitro benzene ring substituents is 1. The van der Waals surface area contributed by atoms with Crippen molar-refractivity contribution < 1.29 is 28.0 Å². The summed E-state index contributed by atoms with van der Waals surface area (Å²) >= 11 is 0. The van der Waals surface area contributed by atoms with Crippen LogP contribution in [0.3, 0.4) is 0 Å². The zero-order valence-electron chi connectivity index (χ0n) is 10.4. The Labute approximate surface area is 119 Å². The van der Waals surface area contributed by atoms with E-state index in [1.807, 2.05) is 10.0 Å². The number of nitro groups is 1. The number of nitrogens with zero attached hydrogens (tertiary/aromatic N) is 1. The van der Waals surface area contributed by atoms with Crippen LogP contribution in [-0.4, -0.2) is 38.3 Å². The van der Waals surface area contributed by atoms with Gasteiger partial charge in [0.05, 0.1) is 24.0 Å². The monoisotopic (exact) mass is 316 g/mol. The Hall–Kier alpha value is -2.53. The molecule has 1 rings (SSSR count). The number of sulfonamides is 1. The minimum Gasteiger partial charge on any atom is -0.548 e. The van der Waals surface area contributed by atoms with Gasteiger partial charge in [0.15, 0.2) is 4.90 Å². The van der Waals surface area contributed by atoms with Gasteiger partial charge in [0.25, 0.3) is 5.69 Å². The van der Waals surface area contributed by atoms with Crippen LogP contribution in [0.1, 0.15) is 0 Å². The van der Waals surface area contributed by atoms with E-state index < -0.39 is 50.5 Å². The van der Waals surface area contributed by atoms with Gasteiger partial charge in [-0.25, -0.2) is 13.1 Å². The summed E-state index contributed by atoms with van der Waals surface area (Å²) in [6, 6.07) is 4.60. The van der Waals surface area contributed by atoms with E-state index in [0.717, 1.165) is 12.1 Å². The van der Waals surface area contributed by atoms with Crippen LogP contribution in [0.15, 0.2) is 29.2 Å². The first-order valence-corrected chi connectivity index (χ1v) is 6.92. The molecule has 0 fully saturated rings. The number of aliphatic carboxylic acids is 1.